The summed E-state index contributed by atoms with van der Waals surface area (Å²) in [7, 11) is 0. The number of anilines is 1. The highest BCUT2D eigenvalue weighted by molar-refractivity contribution is 5.72. The molecule has 1 heterocycles. The van der Waals surface area contributed by atoms with Crippen LogP contribution in [0.1, 0.15) is 24.5 Å². The molecule has 0 aromatic carbocycles. The minimum atomic E-state index is -0.222. The van der Waals surface area contributed by atoms with Crippen molar-refractivity contribution in [1.82, 2.24) is 4.98 Å². The summed E-state index contributed by atoms with van der Waals surface area (Å²) in [5.74, 6) is 0.278. The molecule has 0 aliphatic heterocycles. The van der Waals surface area contributed by atoms with Crippen molar-refractivity contribution in [3.05, 3.63) is 29.5 Å². The van der Waals surface area contributed by atoms with Gasteiger partial charge < -0.3 is 10.5 Å². The molecule has 16 heavy (non-hydrogen) atoms. The van der Waals surface area contributed by atoms with E-state index in [4.69, 9.17) is 10.5 Å². The zero-order valence-corrected chi connectivity index (χ0v) is 9.56. The molecule has 4 heteroatoms. The number of esters is 1. The van der Waals surface area contributed by atoms with Crippen molar-refractivity contribution in [3.8, 4) is 0 Å². The topological polar surface area (TPSA) is 65.2 Å². The van der Waals surface area contributed by atoms with Gasteiger partial charge in [-0.15, -0.1) is 0 Å². The van der Waals surface area contributed by atoms with E-state index in [1.807, 2.05) is 13.0 Å². The minimum absolute atomic E-state index is 0.222. The largest absolute Gasteiger partial charge is 0.466 e. The van der Waals surface area contributed by atoms with E-state index in [2.05, 4.69) is 4.98 Å². The lowest BCUT2D eigenvalue weighted by Crippen LogP contribution is -2.01. The molecule has 1 aromatic rings. The fourth-order valence-corrected chi connectivity index (χ4v) is 1.26. The van der Waals surface area contributed by atoms with Crippen LogP contribution in [0.3, 0.4) is 0 Å². The normalized spacial score (nSPS) is 10.6. The number of rotatable bonds is 4. The molecule has 86 valence electrons. The average molecular weight is 220 g/mol. The monoisotopic (exact) mass is 220 g/mol. The summed E-state index contributed by atoms with van der Waals surface area (Å²) in [6.07, 6.45) is 5.57. The molecule has 0 aliphatic carbocycles. The molecule has 0 radical (unpaired) electrons. The van der Waals surface area contributed by atoms with Crippen molar-refractivity contribution in [3.63, 3.8) is 0 Å². The molecule has 1 rings (SSSR count). The number of nitrogens with two attached hydrogens (primary N) is 1. The van der Waals surface area contributed by atoms with E-state index in [-0.39, 0.29) is 12.4 Å². The lowest BCUT2D eigenvalue weighted by molar-refractivity contribution is -0.142. The van der Waals surface area contributed by atoms with Crippen LogP contribution >= 0.6 is 0 Å². The molecule has 0 amide bonds. The molecule has 4 nitrogen and oxygen atoms in total. The maximum Gasteiger partial charge on any atom is 0.309 e. The first kappa shape index (κ1) is 12.2. The second-order valence-electron chi connectivity index (χ2n) is 3.38. The molecular formula is C12H16N2O2. The Bertz CT molecular complexity index is 400. The van der Waals surface area contributed by atoms with Crippen LogP contribution in [0.4, 0.5) is 5.82 Å². The van der Waals surface area contributed by atoms with Crippen LogP contribution in [0.5, 0.6) is 0 Å². The number of carbonyl (C=O) groups excluding carboxylic acids is 1. The number of aryl methyl sites for hydroxylation is 1. The van der Waals surface area contributed by atoms with Crippen LogP contribution in [0, 0.1) is 6.92 Å². The Morgan fingerprint density at radius 3 is 3.00 bits per heavy atom. The Morgan fingerprint density at radius 1 is 1.62 bits per heavy atom. The zero-order valence-electron chi connectivity index (χ0n) is 9.56. The highest BCUT2D eigenvalue weighted by Gasteiger charge is 1.98. The molecule has 0 aliphatic rings. The molecule has 0 spiro atoms. The molecule has 2 N–H and O–H groups in total. The average Bonchev–Trinajstić information content (AvgIpc) is 2.22. The maximum atomic E-state index is 11.1. The van der Waals surface area contributed by atoms with Crippen LogP contribution in [0.2, 0.25) is 0 Å². The third-order valence-corrected chi connectivity index (χ3v) is 2.06. The van der Waals surface area contributed by atoms with Crippen LogP contribution in [0.15, 0.2) is 18.3 Å². The van der Waals surface area contributed by atoms with E-state index in [1.54, 1.807) is 25.3 Å². The van der Waals surface area contributed by atoms with Crippen molar-refractivity contribution >= 4 is 17.9 Å². The van der Waals surface area contributed by atoms with Crippen LogP contribution in [-0.4, -0.2) is 17.6 Å². The van der Waals surface area contributed by atoms with Gasteiger partial charge >= 0.3 is 5.97 Å². The summed E-state index contributed by atoms with van der Waals surface area (Å²) in [5, 5.41) is 0. The van der Waals surface area contributed by atoms with Crippen LogP contribution in [0.25, 0.3) is 6.08 Å². The Hall–Kier alpha value is -1.84. The number of hydrogen-bond acceptors (Lipinski definition) is 4. The maximum absolute atomic E-state index is 11.1. The summed E-state index contributed by atoms with van der Waals surface area (Å²) in [6, 6.07) is 1.80. The van der Waals surface area contributed by atoms with Gasteiger partial charge in [0.15, 0.2) is 0 Å². The van der Waals surface area contributed by atoms with E-state index in [9.17, 15) is 4.79 Å². The Labute approximate surface area is 95.1 Å². The third kappa shape index (κ3) is 3.73. The number of nitrogens with zero attached hydrogens (tertiary/aromatic N) is 1. The van der Waals surface area contributed by atoms with Crippen LogP contribution in [-0.2, 0) is 9.53 Å². The summed E-state index contributed by atoms with van der Waals surface area (Å²) in [4.78, 5) is 15.0. The SMILES string of the molecule is CCOC(=O)CC=Cc1cnc(N)cc1C. The number of carbonyl (C=O) groups is 1. The molecule has 0 fully saturated rings. The molecule has 0 saturated heterocycles. The van der Waals surface area contributed by atoms with E-state index < -0.39 is 0 Å². The second-order valence-corrected chi connectivity index (χ2v) is 3.38. The van der Waals surface area contributed by atoms with Crippen molar-refractivity contribution < 1.29 is 9.53 Å². The number of pyridine rings is 1. The van der Waals surface area contributed by atoms with Crippen molar-refractivity contribution in [2.75, 3.05) is 12.3 Å². The van der Waals surface area contributed by atoms with Gasteiger partial charge in [-0.3, -0.25) is 4.79 Å². The molecule has 0 atom stereocenters. The van der Waals surface area contributed by atoms with Crippen LogP contribution < -0.4 is 5.73 Å². The Balaban J connectivity index is 2.59. The first-order valence-corrected chi connectivity index (χ1v) is 5.17. The molecule has 1 aromatic heterocycles. The zero-order chi connectivity index (χ0) is 12.0. The van der Waals surface area contributed by atoms with E-state index in [0.29, 0.717) is 12.4 Å². The minimum Gasteiger partial charge on any atom is -0.466 e. The number of aromatic nitrogens is 1. The predicted octanol–water partition coefficient (Wildman–Crippen LogP) is 1.94. The molecular weight excluding hydrogens is 204 g/mol. The Kier molecular flexibility index (Phi) is 4.51. The van der Waals surface area contributed by atoms with Gasteiger partial charge in [-0.1, -0.05) is 12.2 Å². The predicted molar refractivity (Wildman–Crippen MR) is 63.7 cm³/mol. The number of hydrogen-bond donors (Lipinski definition) is 1. The van der Waals surface area contributed by atoms with E-state index >= 15 is 0 Å². The second kappa shape index (κ2) is 5.90. The van der Waals surface area contributed by atoms with Gasteiger partial charge in [0.05, 0.1) is 13.0 Å². The Morgan fingerprint density at radius 2 is 2.38 bits per heavy atom. The molecule has 0 saturated carbocycles. The molecule has 0 unspecified atom stereocenters. The first-order chi connectivity index (χ1) is 7.63. The number of nitrogen functional groups attached to an aromatic ring is 1. The number of ether oxygens (including phenoxy) is 1. The molecule has 0 bridgehead atoms. The highest BCUT2D eigenvalue weighted by Crippen LogP contribution is 2.11. The quantitative estimate of drug-likeness (QED) is 0.787. The van der Waals surface area contributed by atoms with E-state index in [1.165, 1.54) is 0 Å². The summed E-state index contributed by atoms with van der Waals surface area (Å²) in [5.41, 5.74) is 7.53. The lowest BCUT2D eigenvalue weighted by atomic mass is 10.1. The van der Waals surface area contributed by atoms with Gasteiger partial charge in [0.25, 0.3) is 0 Å². The van der Waals surface area contributed by atoms with Gasteiger partial charge in [0.1, 0.15) is 5.82 Å². The standard InChI is InChI=1S/C12H16N2O2/c1-3-16-12(15)6-4-5-10-8-14-11(13)7-9(10)2/h4-5,7-8H,3,6H2,1-2H3,(H2,13,14). The first-order valence-electron chi connectivity index (χ1n) is 5.17. The third-order valence-electron chi connectivity index (χ3n) is 2.06. The van der Waals surface area contributed by atoms with Gasteiger partial charge in [-0.2, -0.15) is 0 Å². The fourth-order valence-electron chi connectivity index (χ4n) is 1.26. The highest BCUT2D eigenvalue weighted by atomic mass is 16.5. The van der Waals surface area contributed by atoms with Crippen molar-refractivity contribution in [1.29, 1.82) is 0 Å². The van der Waals surface area contributed by atoms with Crippen molar-refractivity contribution in [2.45, 2.75) is 20.3 Å². The summed E-state index contributed by atoms with van der Waals surface area (Å²) in [6.45, 7) is 4.15. The van der Waals surface area contributed by atoms with Gasteiger partial charge in [0, 0.05) is 6.20 Å². The summed E-state index contributed by atoms with van der Waals surface area (Å²) >= 11 is 0. The summed E-state index contributed by atoms with van der Waals surface area (Å²) < 4.78 is 4.80. The van der Waals surface area contributed by atoms with Gasteiger partial charge in [-0.05, 0) is 31.0 Å². The smallest absolute Gasteiger partial charge is 0.309 e. The van der Waals surface area contributed by atoms with Crippen molar-refractivity contribution in [2.24, 2.45) is 0 Å². The lowest BCUT2D eigenvalue weighted by Gasteiger charge is -2.00. The van der Waals surface area contributed by atoms with E-state index in [0.717, 1.165) is 11.1 Å². The van der Waals surface area contributed by atoms with Gasteiger partial charge in [0.2, 0.25) is 0 Å². The fraction of sp³-hybridized carbons (Fsp3) is 0.333. The van der Waals surface area contributed by atoms with Gasteiger partial charge in [-0.25, -0.2) is 4.98 Å².